The van der Waals surface area contributed by atoms with Gasteiger partial charge >= 0.3 is 6.09 Å². The molecule has 1 aliphatic rings. The fraction of sp³-hybridized carbons (Fsp3) is 0.148. The fourth-order valence-corrected chi connectivity index (χ4v) is 4.17. The second-order valence-corrected chi connectivity index (χ2v) is 9.03. The number of benzene rings is 2. The molecule has 170 valence electrons. The minimum Gasteiger partial charge on any atom is -0.443 e. The molecule has 1 aliphatic heterocycles. The summed E-state index contributed by atoms with van der Waals surface area (Å²) in [7, 11) is 0. The highest BCUT2D eigenvalue weighted by atomic mass is 16.6. The molecule has 7 heteroatoms. The van der Waals surface area contributed by atoms with Crippen LogP contribution in [0.1, 0.15) is 32.0 Å². The molecule has 5 rings (SSSR count). The molecule has 3 heterocycles. The van der Waals surface area contributed by atoms with Crippen LogP contribution < -0.4 is 4.90 Å². The monoisotopic (exact) mass is 453 g/mol. The number of H-pyrrole nitrogens is 1. The second kappa shape index (κ2) is 7.88. The van der Waals surface area contributed by atoms with Gasteiger partial charge in [-0.15, -0.1) is 0 Å². The maximum Gasteiger partial charge on any atom is 0.419 e. The Hall–Kier alpha value is -4.39. The maximum absolute atomic E-state index is 13.8. The van der Waals surface area contributed by atoms with Crippen molar-refractivity contribution in [1.29, 1.82) is 0 Å². The van der Waals surface area contributed by atoms with E-state index in [4.69, 9.17) is 4.74 Å². The maximum atomic E-state index is 13.8. The Bertz CT molecular complexity index is 1450. The van der Waals surface area contributed by atoms with Crippen LogP contribution in [0.25, 0.3) is 22.0 Å². The summed E-state index contributed by atoms with van der Waals surface area (Å²) in [5, 5.41) is 0.670. The molecule has 1 N–H and O–H groups in total. The zero-order chi connectivity index (χ0) is 24.0. The summed E-state index contributed by atoms with van der Waals surface area (Å²) in [6.45, 7) is 5.38. The fourth-order valence-electron chi connectivity index (χ4n) is 4.17. The molecule has 2 aromatic carbocycles. The van der Waals surface area contributed by atoms with E-state index in [-0.39, 0.29) is 11.1 Å². The van der Waals surface area contributed by atoms with Gasteiger partial charge in [0.2, 0.25) is 0 Å². The number of rotatable bonds is 3. The summed E-state index contributed by atoms with van der Waals surface area (Å²) in [5.41, 5.74) is 1.88. The van der Waals surface area contributed by atoms with Crippen molar-refractivity contribution < 1.29 is 19.1 Å². The van der Waals surface area contributed by atoms with E-state index in [9.17, 15) is 14.4 Å². The van der Waals surface area contributed by atoms with Crippen LogP contribution in [0.15, 0.2) is 79.1 Å². The number of ether oxygens (including phenoxy) is 1. The van der Waals surface area contributed by atoms with Gasteiger partial charge < -0.3 is 9.72 Å². The van der Waals surface area contributed by atoms with E-state index in [1.54, 1.807) is 75.6 Å². The molecule has 0 bridgehead atoms. The van der Waals surface area contributed by atoms with Crippen molar-refractivity contribution in [3.05, 3.63) is 90.4 Å². The minimum absolute atomic E-state index is 0.231. The summed E-state index contributed by atoms with van der Waals surface area (Å²) in [6, 6.07) is 19.6. The van der Waals surface area contributed by atoms with Gasteiger partial charge in [0, 0.05) is 23.3 Å². The number of para-hydroxylation sites is 2. The Morgan fingerprint density at radius 2 is 1.53 bits per heavy atom. The summed E-state index contributed by atoms with van der Waals surface area (Å²) in [5.74, 6) is -0.879. The Morgan fingerprint density at radius 3 is 2.21 bits per heavy atom. The van der Waals surface area contributed by atoms with Gasteiger partial charge in [-0.2, -0.15) is 0 Å². The zero-order valence-electron chi connectivity index (χ0n) is 19.0. The molecule has 0 radical (unpaired) electrons. The van der Waals surface area contributed by atoms with Gasteiger partial charge in [-0.1, -0.05) is 36.4 Å². The van der Waals surface area contributed by atoms with Gasteiger partial charge in [0.15, 0.2) is 0 Å². The van der Waals surface area contributed by atoms with Crippen LogP contribution in [-0.2, 0) is 14.3 Å². The first-order valence-electron chi connectivity index (χ1n) is 10.9. The zero-order valence-corrected chi connectivity index (χ0v) is 19.0. The number of fused-ring (bicyclic) bond motifs is 1. The van der Waals surface area contributed by atoms with Gasteiger partial charge in [0.1, 0.15) is 5.60 Å². The highest BCUT2D eigenvalue weighted by Gasteiger charge is 2.42. The number of hydrogen-bond acceptors (Lipinski definition) is 4. The molecule has 4 aromatic rings. The third kappa shape index (κ3) is 3.51. The van der Waals surface area contributed by atoms with Crippen LogP contribution in [0, 0.1) is 0 Å². The van der Waals surface area contributed by atoms with Crippen molar-refractivity contribution in [3.8, 4) is 0 Å². The van der Waals surface area contributed by atoms with Crippen molar-refractivity contribution in [2.45, 2.75) is 26.4 Å². The summed E-state index contributed by atoms with van der Waals surface area (Å²) >= 11 is 0. The molecular formula is C27H23N3O4. The highest BCUT2D eigenvalue weighted by molar-refractivity contribution is 6.57. The number of aromatic amines is 1. The van der Waals surface area contributed by atoms with Crippen LogP contribution in [-0.4, -0.2) is 33.1 Å². The number of aromatic nitrogens is 2. The van der Waals surface area contributed by atoms with E-state index in [0.29, 0.717) is 27.8 Å². The van der Waals surface area contributed by atoms with E-state index >= 15 is 0 Å². The molecule has 0 spiro atoms. The molecule has 0 saturated heterocycles. The lowest BCUT2D eigenvalue weighted by atomic mass is 9.99. The van der Waals surface area contributed by atoms with Crippen molar-refractivity contribution in [3.63, 3.8) is 0 Å². The quantitative estimate of drug-likeness (QED) is 0.430. The third-order valence-electron chi connectivity index (χ3n) is 5.54. The lowest BCUT2D eigenvalue weighted by Gasteiger charge is -2.19. The second-order valence-electron chi connectivity index (χ2n) is 9.03. The van der Waals surface area contributed by atoms with Crippen molar-refractivity contribution in [1.82, 2.24) is 9.55 Å². The lowest BCUT2D eigenvalue weighted by molar-refractivity contribution is -0.119. The van der Waals surface area contributed by atoms with Crippen molar-refractivity contribution in [2.75, 3.05) is 4.90 Å². The van der Waals surface area contributed by atoms with Crippen LogP contribution in [0.5, 0.6) is 0 Å². The molecule has 34 heavy (non-hydrogen) atoms. The third-order valence-corrected chi connectivity index (χ3v) is 5.54. The normalized spacial score (nSPS) is 14.4. The average Bonchev–Trinajstić information content (AvgIpc) is 3.50. The molecule has 7 nitrogen and oxygen atoms in total. The number of nitrogens with one attached hydrogen (secondary N) is 1. The molecule has 0 unspecified atom stereocenters. The van der Waals surface area contributed by atoms with Crippen LogP contribution >= 0.6 is 0 Å². The minimum atomic E-state index is -0.694. The molecule has 0 fully saturated rings. The highest BCUT2D eigenvalue weighted by Crippen LogP contribution is 2.40. The van der Waals surface area contributed by atoms with Crippen molar-refractivity contribution in [2.24, 2.45) is 0 Å². The summed E-state index contributed by atoms with van der Waals surface area (Å²) in [4.78, 5) is 44.6. The number of carbonyl (C=O) groups excluding carboxylic acids is 3. The number of imide groups is 1. The largest absolute Gasteiger partial charge is 0.443 e. The Morgan fingerprint density at radius 1 is 0.853 bits per heavy atom. The Kier molecular flexibility index (Phi) is 4.97. The first-order valence-corrected chi connectivity index (χ1v) is 10.9. The number of carbonyl (C=O) groups is 3. The van der Waals surface area contributed by atoms with E-state index in [2.05, 4.69) is 4.98 Å². The lowest BCUT2D eigenvalue weighted by Crippen LogP contribution is -2.31. The number of amides is 2. The van der Waals surface area contributed by atoms with Crippen LogP contribution in [0.3, 0.4) is 0 Å². The first kappa shape index (κ1) is 21.5. The molecule has 2 amide bonds. The SMILES string of the molecule is CC(C)(C)OC(=O)n1cc(C2=C(c3ccc[nH]3)C(=O)N(c3ccccc3)C2=O)c2ccccc21. The summed E-state index contributed by atoms with van der Waals surface area (Å²) in [6.07, 6.45) is 2.72. The van der Waals surface area contributed by atoms with Crippen LogP contribution in [0.2, 0.25) is 0 Å². The summed E-state index contributed by atoms with van der Waals surface area (Å²) < 4.78 is 6.97. The predicted molar refractivity (Wildman–Crippen MR) is 130 cm³/mol. The predicted octanol–water partition coefficient (Wildman–Crippen LogP) is 5.24. The van der Waals surface area contributed by atoms with E-state index < -0.39 is 23.5 Å². The van der Waals surface area contributed by atoms with Gasteiger partial charge in [0.05, 0.1) is 28.0 Å². The topological polar surface area (TPSA) is 84.4 Å². The Balaban J connectivity index is 1.74. The van der Waals surface area contributed by atoms with Gasteiger partial charge in [-0.05, 0) is 51.1 Å². The van der Waals surface area contributed by atoms with E-state index in [0.717, 1.165) is 0 Å². The van der Waals surface area contributed by atoms with Crippen LogP contribution in [0.4, 0.5) is 10.5 Å². The molecule has 0 aliphatic carbocycles. The van der Waals surface area contributed by atoms with Crippen molar-refractivity contribution >= 4 is 45.6 Å². The van der Waals surface area contributed by atoms with Gasteiger partial charge in [-0.25, -0.2) is 9.69 Å². The number of nitrogens with zero attached hydrogens (tertiary/aromatic N) is 2. The van der Waals surface area contributed by atoms with E-state index in [1.165, 1.54) is 9.47 Å². The number of hydrogen-bond donors (Lipinski definition) is 1. The first-order chi connectivity index (χ1) is 16.3. The molecule has 0 saturated carbocycles. The molecular weight excluding hydrogens is 430 g/mol. The number of anilines is 1. The Labute approximate surface area is 196 Å². The van der Waals surface area contributed by atoms with Gasteiger partial charge in [0.25, 0.3) is 11.8 Å². The molecule has 0 atom stereocenters. The molecule has 2 aromatic heterocycles. The van der Waals surface area contributed by atoms with Gasteiger partial charge in [-0.3, -0.25) is 14.2 Å². The average molecular weight is 453 g/mol. The standard InChI is InChI=1S/C27H23N3O4/c1-27(2,3)34-26(33)29-16-19(18-12-7-8-14-21(18)29)22-23(20-13-9-15-28-20)25(32)30(24(22)31)17-10-5-4-6-11-17/h4-16,28H,1-3H3. The van der Waals surface area contributed by atoms with E-state index in [1.807, 2.05) is 24.3 Å². The smallest absolute Gasteiger partial charge is 0.419 e.